The highest BCUT2D eigenvalue weighted by atomic mass is 16.1. The van der Waals surface area contributed by atoms with E-state index in [0.29, 0.717) is 13.0 Å². The molecule has 0 unspecified atom stereocenters. The lowest BCUT2D eigenvalue weighted by atomic mass is 9.90. The second kappa shape index (κ2) is 6.97. The van der Waals surface area contributed by atoms with Gasteiger partial charge in [-0.25, -0.2) is 0 Å². The van der Waals surface area contributed by atoms with E-state index in [1.165, 1.54) is 30.4 Å². The first-order chi connectivity index (χ1) is 11.1. The zero-order valence-electron chi connectivity index (χ0n) is 13.7. The van der Waals surface area contributed by atoms with Gasteiger partial charge in [-0.15, -0.1) is 0 Å². The summed E-state index contributed by atoms with van der Waals surface area (Å²) in [6.45, 7) is 2.49. The van der Waals surface area contributed by atoms with Gasteiger partial charge in [0.2, 0.25) is 5.91 Å². The normalized spacial score (nSPS) is 13.5. The van der Waals surface area contributed by atoms with Crippen LogP contribution >= 0.6 is 0 Å². The van der Waals surface area contributed by atoms with Crippen molar-refractivity contribution in [2.75, 3.05) is 5.32 Å². The Morgan fingerprint density at radius 2 is 1.83 bits per heavy atom. The lowest BCUT2D eigenvalue weighted by Gasteiger charge is -2.16. The van der Waals surface area contributed by atoms with Crippen molar-refractivity contribution in [3.63, 3.8) is 0 Å². The number of anilines is 1. The number of hydrogen-bond acceptors (Lipinski definition) is 2. The minimum absolute atomic E-state index is 0.0225. The highest BCUT2D eigenvalue weighted by Crippen LogP contribution is 2.22. The van der Waals surface area contributed by atoms with E-state index in [-0.39, 0.29) is 5.91 Å². The molecule has 3 heteroatoms. The Labute approximate surface area is 137 Å². The number of benzene rings is 2. The van der Waals surface area contributed by atoms with Crippen molar-refractivity contribution in [2.45, 2.75) is 45.6 Å². The fourth-order valence-corrected chi connectivity index (χ4v) is 3.34. The Morgan fingerprint density at radius 3 is 2.61 bits per heavy atom. The average molecular weight is 308 g/mol. The van der Waals surface area contributed by atoms with Crippen LogP contribution < -0.4 is 11.1 Å². The summed E-state index contributed by atoms with van der Waals surface area (Å²) < 4.78 is 0. The number of fused-ring (bicyclic) bond motifs is 1. The van der Waals surface area contributed by atoms with E-state index in [2.05, 4.69) is 23.5 Å². The summed E-state index contributed by atoms with van der Waals surface area (Å²) in [6, 6.07) is 12.4. The molecule has 23 heavy (non-hydrogen) atoms. The minimum atomic E-state index is 0.0225. The van der Waals surface area contributed by atoms with Crippen LogP contribution in [-0.4, -0.2) is 5.91 Å². The molecule has 0 atom stereocenters. The summed E-state index contributed by atoms with van der Waals surface area (Å²) in [5, 5.41) is 2.99. The Bertz CT molecular complexity index is 722. The number of hydrogen-bond donors (Lipinski definition) is 2. The molecule has 2 aromatic rings. The monoisotopic (exact) mass is 308 g/mol. The molecule has 0 heterocycles. The lowest BCUT2D eigenvalue weighted by Crippen LogP contribution is -2.15. The molecular formula is C20H24N2O. The van der Waals surface area contributed by atoms with Crippen molar-refractivity contribution < 1.29 is 4.79 Å². The molecule has 0 aliphatic heterocycles. The second-order valence-electron chi connectivity index (χ2n) is 6.45. The van der Waals surface area contributed by atoms with Crippen LogP contribution in [0.3, 0.4) is 0 Å². The third-order valence-electron chi connectivity index (χ3n) is 4.43. The summed E-state index contributed by atoms with van der Waals surface area (Å²) in [7, 11) is 0. The van der Waals surface area contributed by atoms with Gasteiger partial charge in [0, 0.05) is 12.2 Å². The Balaban J connectivity index is 1.68. The fraction of sp³-hybridized carbons (Fsp3) is 0.350. The van der Waals surface area contributed by atoms with Gasteiger partial charge in [-0.3, -0.25) is 4.79 Å². The molecule has 3 nitrogen and oxygen atoms in total. The minimum Gasteiger partial charge on any atom is -0.326 e. The van der Waals surface area contributed by atoms with Crippen molar-refractivity contribution in [1.29, 1.82) is 0 Å². The van der Waals surface area contributed by atoms with Gasteiger partial charge in [0.25, 0.3) is 0 Å². The van der Waals surface area contributed by atoms with Crippen LogP contribution in [0, 0.1) is 6.92 Å². The largest absolute Gasteiger partial charge is 0.326 e. The predicted octanol–water partition coefficient (Wildman–Crippen LogP) is 3.51. The van der Waals surface area contributed by atoms with E-state index in [1.54, 1.807) is 0 Å². The van der Waals surface area contributed by atoms with E-state index in [9.17, 15) is 4.79 Å². The van der Waals surface area contributed by atoms with E-state index < -0.39 is 0 Å². The van der Waals surface area contributed by atoms with Gasteiger partial charge < -0.3 is 11.1 Å². The number of nitrogens with two attached hydrogens (primary N) is 1. The van der Waals surface area contributed by atoms with Gasteiger partial charge >= 0.3 is 0 Å². The van der Waals surface area contributed by atoms with Crippen LogP contribution in [-0.2, 0) is 30.6 Å². The van der Waals surface area contributed by atoms with Crippen molar-refractivity contribution in [3.05, 3.63) is 64.2 Å². The van der Waals surface area contributed by atoms with Crippen LogP contribution in [0.5, 0.6) is 0 Å². The number of carbonyl (C=O) groups excluding carboxylic acids is 1. The third kappa shape index (κ3) is 3.99. The SMILES string of the molecule is Cc1cc(CN)cc(NC(=O)Cc2ccc3c(c2)CCCC3)c1. The second-order valence-corrected chi connectivity index (χ2v) is 6.45. The molecule has 120 valence electrons. The van der Waals surface area contributed by atoms with Crippen LogP contribution in [0.4, 0.5) is 5.69 Å². The van der Waals surface area contributed by atoms with Gasteiger partial charge in [0.05, 0.1) is 6.42 Å². The molecule has 0 aromatic heterocycles. The lowest BCUT2D eigenvalue weighted by molar-refractivity contribution is -0.115. The topological polar surface area (TPSA) is 55.1 Å². The molecule has 3 rings (SSSR count). The zero-order valence-corrected chi connectivity index (χ0v) is 13.7. The fourth-order valence-electron chi connectivity index (χ4n) is 3.34. The maximum Gasteiger partial charge on any atom is 0.228 e. The molecule has 0 spiro atoms. The van der Waals surface area contributed by atoms with Crippen LogP contribution in [0.1, 0.15) is 40.7 Å². The van der Waals surface area contributed by atoms with Gasteiger partial charge in [-0.05, 0) is 72.6 Å². The number of nitrogens with one attached hydrogen (secondary N) is 1. The van der Waals surface area contributed by atoms with E-state index in [0.717, 1.165) is 28.8 Å². The summed E-state index contributed by atoms with van der Waals surface area (Å²) in [4.78, 5) is 12.3. The Kier molecular flexibility index (Phi) is 4.77. The standard InChI is InChI=1S/C20H24N2O/c1-14-8-16(13-21)11-19(9-14)22-20(23)12-15-6-7-17-4-2-3-5-18(17)10-15/h6-11H,2-5,12-13,21H2,1H3,(H,22,23). The smallest absolute Gasteiger partial charge is 0.228 e. The first kappa shape index (κ1) is 15.8. The van der Waals surface area contributed by atoms with Crippen molar-refractivity contribution in [2.24, 2.45) is 5.73 Å². The van der Waals surface area contributed by atoms with E-state index in [4.69, 9.17) is 5.73 Å². The molecule has 0 saturated heterocycles. The molecule has 3 N–H and O–H groups in total. The van der Waals surface area contributed by atoms with Crippen molar-refractivity contribution in [3.8, 4) is 0 Å². The van der Waals surface area contributed by atoms with Gasteiger partial charge in [0.1, 0.15) is 0 Å². The van der Waals surface area contributed by atoms with Crippen molar-refractivity contribution in [1.82, 2.24) is 0 Å². The molecule has 1 aliphatic rings. The average Bonchev–Trinajstić information content (AvgIpc) is 2.54. The molecule has 2 aromatic carbocycles. The zero-order chi connectivity index (χ0) is 16.2. The summed E-state index contributed by atoms with van der Waals surface area (Å²) in [5.41, 5.74) is 12.6. The quantitative estimate of drug-likeness (QED) is 0.908. The maximum atomic E-state index is 12.3. The third-order valence-corrected chi connectivity index (χ3v) is 4.43. The highest BCUT2D eigenvalue weighted by molar-refractivity contribution is 5.92. The Morgan fingerprint density at radius 1 is 1.04 bits per heavy atom. The summed E-state index contributed by atoms with van der Waals surface area (Å²) in [6.07, 6.45) is 5.27. The van der Waals surface area contributed by atoms with Crippen LogP contribution in [0.15, 0.2) is 36.4 Å². The number of amides is 1. The van der Waals surface area contributed by atoms with Crippen LogP contribution in [0.25, 0.3) is 0 Å². The predicted molar refractivity (Wildman–Crippen MR) is 94.5 cm³/mol. The number of aryl methyl sites for hydroxylation is 3. The molecule has 1 amide bonds. The highest BCUT2D eigenvalue weighted by Gasteiger charge is 2.11. The van der Waals surface area contributed by atoms with E-state index >= 15 is 0 Å². The van der Waals surface area contributed by atoms with Crippen LogP contribution in [0.2, 0.25) is 0 Å². The molecule has 0 saturated carbocycles. The maximum absolute atomic E-state index is 12.3. The molecule has 0 fully saturated rings. The number of carbonyl (C=O) groups is 1. The molecule has 0 radical (unpaired) electrons. The van der Waals surface area contributed by atoms with Gasteiger partial charge in [-0.2, -0.15) is 0 Å². The van der Waals surface area contributed by atoms with Gasteiger partial charge in [-0.1, -0.05) is 24.3 Å². The Hall–Kier alpha value is -2.13. The van der Waals surface area contributed by atoms with Crippen molar-refractivity contribution >= 4 is 11.6 Å². The number of rotatable bonds is 4. The summed E-state index contributed by atoms with van der Waals surface area (Å²) in [5.74, 6) is 0.0225. The summed E-state index contributed by atoms with van der Waals surface area (Å²) >= 11 is 0. The van der Waals surface area contributed by atoms with Gasteiger partial charge in [0.15, 0.2) is 0 Å². The van der Waals surface area contributed by atoms with E-state index in [1.807, 2.05) is 25.1 Å². The first-order valence-corrected chi connectivity index (χ1v) is 8.35. The molecular weight excluding hydrogens is 284 g/mol. The molecule has 1 aliphatic carbocycles. The first-order valence-electron chi connectivity index (χ1n) is 8.35. The molecule has 0 bridgehead atoms.